The zero-order chi connectivity index (χ0) is 14.8. The molecule has 3 N–H and O–H groups in total. The summed E-state index contributed by atoms with van der Waals surface area (Å²) in [6.07, 6.45) is 5.13. The lowest BCUT2D eigenvalue weighted by molar-refractivity contribution is 0.0377. The van der Waals surface area contributed by atoms with Gasteiger partial charge in [0.25, 0.3) is 0 Å². The average Bonchev–Trinajstić information content (AvgIpc) is 2.54. The number of hydrogen-bond acceptors (Lipinski definition) is 4. The van der Waals surface area contributed by atoms with E-state index in [4.69, 9.17) is 10.5 Å². The van der Waals surface area contributed by atoms with Crippen molar-refractivity contribution in [3.63, 3.8) is 0 Å². The zero-order valence-electron chi connectivity index (χ0n) is 13.2. The fourth-order valence-electron chi connectivity index (χ4n) is 2.90. The second kappa shape index (κ2) is 9.97. The molecule has 2 saturated heterocycles. The monoisotopic (exact) mass is 297 g/mol. The number of nitrogens with two attached hydrogens (primary N) is 1. The number of nitrogens with zero attached hydrogens (tertiary/aromatic N) is 3. The molecule has 6 heteroatoms. The third-order valence-corrected chi connectivity index (χ3v) is 4.20. The summed E-state index contributed by atoms with van der Waals surface area (Å²) in [5, 5.41) is 3.22. The van der Waals surface area contributed by atoms with Gasteiger partial charge in [-0.3, -0.25) is 9.89 Å². The van der Waals surface area contributed by atoms with Crippen LogP contribution in [0.25, 0.3) is 0 Å². The number of guanidine groups is 1. The zero-order valence-corrected chi connectivity index (χ0v) is 13.2. The van der Waals surface area contributed by atoms with Gasteiger partial charge in [0.2, 0.25) is 0 Å². The molecule has 0 spiro atoms. The summed E-state index contributed by atoms with van der Waals surface area (Å²) in [6.45, 7) is 10.2. The molecule has 2 aliphatic heterocycles. The molecule has 0 bridgehead atoms. The van der Waals surface area contributed by atoms with Gasteiger partial charge in [-0.1, -0.05) is 6.42 Å². The molecule has 6 nitrogen and oxygen atoms in total. The Balaban J connectivity index is 1.48. The SMILES string of the molecule is NC(=NCCCN1CCOCC1)NCCN1CCCCC1. The Morgan fingerprint density at radius 3 is 2.48 bits per heavy atom. The third-order valence-electron chi connectivity index (χ3n) is 4.20. The highest BCUT2D eigenvalue weighted by Gasteiger charge is 2.10. The molecule has 0 unspecified atom stereocenters. The first kappa shape index (κ1) is 16.5. The predicted octanol–water partition coefficient (Wildman–Crippen LogP) is 0.0989. The Kier molecular flexibility index (Phi) is 7.85. The lowest BCUT2D eigenvalue weighted by Crippen LogP contribution is -2.40. The fourth-order valence-corrected chi connectivity index (χ4v) is 2.90. The van der Waals surface area contributed by atoms with Crippen molar-refractivity contribution in [2.75, 3.05) is 65.6 Å². The molecule has 0 aromatic heterocycles. The van der Waals surface area contributed by atoms with Crippen LogP contribution in [-0.4, -0.2) is 81.3 Å². The van der Waals surface area contributed by atoms with Gasteiger partial charge < -0.3 is 20.7 Å². The van der Waals surface area contributed by atoms with Gasteiger partial charge in [0, 0.05) is 39.3 Å². The lowest BCUT2D eigenvalue weighted by Gasteiger charge is -2.26. The van der Waals surface area contributed by atoms with Gasteiger partial charge in [-0.15, -0.1) is 0 Å². The minimum atomic E-state index is 0.592. The van der Waals surface area contributed by atoms with Crippen LogP contribution in [0.1, 0.15) is 25.7 Å². The van der Waals surface area contributed by atoms with Crippen LogP contribution in [0, 0.1) is 0 Å². The molecule has 0 radical (unpaired) electrons. The highest BCUT2D eigenvalue weighted by molar-refractivity contribution is 5.77. The van der Waals surface area contributed by atoms with E-state index in [0.29, 0.717) is 5.96 Å². The molecule has 0 aliphatic carbocycles. The van der Waals surface area contributed by atoms with Crippen LogP contribution in [0.15, 0.2) is 4.99 Å². The summed E-state index contributed by atoms with van der Waals surface area (Å²) in [4.78, 5) is 9.33. The largest absolute Gasteiger partial charge is 0.379 e. The van der Waals surface area contributed by atoms with E-state index in [1.54, 1.807) is 0 Å². The molecule has 21 heavy (non-hydrogen) atoms. The number of morpholine rings is 1. The van der Waals surface area contributed by atoms with Gasteiger partial charge in [0.05, 0.1) is 13.2 Å². The number of piperidine rings is 1. The van der Waals surface area contributed by atoms with Crippen molar-refractivity contribution in [1.29, 1.82) is 0 Å². The van der Waals surface area contributed by atoms with Crippen molar-refractivity contribution in [3.05, 3.63) is 0 Å². The van der Waals surface area contributed by atoms with Crippen LogP contribution in [0.4, 0.5) is 0 Å². The molecular weight excluding hydrogens is 266 g/mol. The van der Waals surface area contributed by atoms with Gasteiger partial charge >= 0.3 is 0 Å². The number of aliphatic imine (C=N–C) groups is 1. The van der Waals surface area contributed by atoms with Gasteiger partial charge in [-0.2, -0.15) is 0 Å². The van der Waals surface area contributed by atoms with Crippen molar-refractivity contribution >= 4 is 5.96 Å². The van der Waals surface area contributed by atoms with Crippen LogP contribution in [0.5, 0.6) is 0 Å². The smallest absolute Gasteiger partial charge is 0.188 e. The van der Waals surface area contributed by atoms with Crippen LogP contribution in [0.3, 0.4) is 0 Å². The molecule has 0 atom stereocenters. The molecule has 2 rings (SSSR count). The maximum atomic E-state index is 5.90. The predicted molar refractivity (Wildman–Crippen MR) is 86.7 cm³/mol. The highest BCUT2D eigenvalue weighted by atomic mass is 16.5. The Bertz CT molecular complexity index is 298. The minimum absolute atomic E-state index is 0.592. The molecule has 122 valence electrons. The van der Waals surface area contributed by atoms with Crippen molar-refractivity contribution < 1.29 is 4.74 Å². The first-order chi connectivity index (χ1) is 10.3. The number of rotatable bonds is 7. The molecule has 0 aromatic carbocycles. The van der Waals surface area contributed by atoms with Crippen LogP contribution in [0.2, 0.25) is 0 Å². The number of nitrogens with one attached hydrogen (secondary N) is 1. The maximum Gasteiger partial charge on any atom is 0.188 e. The van der Waals surface area contributed by atoms with Crippen molar-refractivity contribution in [2.45, 2.75) is 25.7 Å². The van der Waals surface area contributed by atoms with Gasteiger partial charge in [-0.25, -0.2) is 0 Å². The number of hydrogen-bond donors (Lipinski definition) is 2. The summed E-state index contributed by atoms with van der Waals surface area (Å²) >= 11 is 0. The van der Waals surface area contributed by atoms with Crippen LogP contribution >= 0.6 is 0 Å². The summed E-state index contributed by atoms with van der Waals surface area (Å²) in [5.41, 5.74) is 5.90. The Hall–Kier alpha value is -0.850. The number of ether oxygens (including phenoxy) is 1. The molecule has 2 aliphatic rings. The van der Waals surface area contributed by atoms with E-state index in [-0.39, 0.29) is 0 Å². The van der Waals surface area contributed by atoms with Crippen LogP contribution in [-0.2, 0) is 4.74 Å². The van der Waals surface area contributed by atoms with E-state index in [1.165, 1.54) is 32.4 Å². The van der Waals surface area contributed by atoms with Gasteiger partial charge in [0.15, 0.2) is 5.96 Å². The van der Waals surface area contributed by atoms with E-state index in [1.807, 2.05) is 0 Å². The van der Waals surface area contributed by atoms with E-state index >= 15 is 0 Å². The van der Waals surface area contributed by atoms with E-state index in [0.717, 1.165) is 58.9 Å². The Labute approximate surface area is 128 Å². The molecular formula is C15H31N5O. The molecule has 0 amide bonds. The summed E-state index contributed by atoms with van der Waals surface area (Å²) in [6, 6.07) is 0. The molecule has 2 fully saturated rings. The Morgan fingerprint density at radius 2 is 1.71 bits per heavy atom. The topological polar surface area (TPSA) is 66.1 Å². The lowest BCUT2D eigenvalue weighted by atomic mass is 10.1. The second-order valence-corrected chi connectivity index (χ2v) is 5.90. The highest BCUT2D eigenvalue weighted by Crippen LogP contribution is 2.07. The standard InChI is InChI=1S/C15H31N5O/c16-15(18-6-10-19-7-2-1-3-8-19)17-5-4-9-20-11-13-21-14-12-20/h1-14H2,(H3,16,17,18). The minimum Gasteiger partial charge on any atom is -0.379 e. The maximum absolute atomic E-state index is 5.90. The van der Waals surface area contributed by atoms with Crippen molar-refractivity contribution in [3.8, 4) is 0 Å². The van der Waals surface area contributed by atoms with E-state index in [9.17, 15) is 0 Å². The molecule has 0 saturated carbocycles. The Morgan fingerprint density at radius 1 is 1.00 bits per heavy atom. The van der Waals surface area contributed by atoms with Crippen molar-refractivity contribution in [2.24, 2.45) is 10.7 Å². The number of likely N-dealkylation sites (tertiary alicyclic amines) is 1. The van der Waals surface area contributed by atoms with Gasteiger partial charge in [0.1, 0.15) is 0 Å². The molecule has 0 aromatic rings. The first-order valence-electron chi connectivity index (χ1n) is 8.41. The fraction of sp³-hybridized carbons (Fsp3) is 0.933. The normalized spacial score (nSPS) is 22.4. The summed E-state index contributed by atoms with van der Waals surface area (Å²) in [5.74, 6) is 0.592. The first-order valence-corrected chi connectivity index (χ1v) is 8.41. The summed E-state index contributed by atoms with van der Waals surface area (Å²) < 4.78 is 5.34. The van der Waals surface area contributed by atoms with E-state index < -0.39 is 0 Å². The van der Waals surface area contributed by atoms with E-state index in [2.05, 4.69) is 20.1 Å². The molecule has 2 heterocycles. The quantitative estimate of drug-likeness (QED) is 0.396. The second-order valence-electron chi connectivity index (χ2n) is 5.90. The third kappa shape index (κ3) is 7.11. The summed E-state index contributed by atoms with van der Waals surface area (Å²) in [7, 11) is 0. The average molecular weight is 297 g/mol. The van der Waals surface area contributed by atoms with Crippen LogP contribution < -0.4 is 11.1 Å². The van der Waals surface area contributed by atoms with Crippen molar-refractivity contribution in [1.82, 2.24) is 15.1 Å². The van der Waals surface area contributed by atoms with Gasteiger partial charge in [-0.05, 0) is 32.4 Å².